The van der Waals surface area contributed by atoms with E-state index in [0.29, 0.717) is 5.56 Å². The molecule has 0 radical (unpaired) electrons. The fourth-order valence-corrected chi connectivity index (χ4v) is 2.77. The van der Waals surface area contributed by atoms with E-state index >= 15 is 0 Å². The van der Waals surface area contributed by atoms with Crippen molar-refractivity contribution < 1.29 is 23.7 Å². The van der Waals surface area contributed by atoms with Crippen LogP contribution in [0.4, 0.5) is 5.69 Å². The number of ether oxygens (including phenoxy) is 1. The van der Waals surface area contributed by atoms with Gasteiger partial charge in [-0.1, -0.05) is 23.7 Å². The van der Waals surface area contributed by atoms with Crippen LogP contribution in [0.15, 0.2) is 52.9 Å². The molecule has 1 heterocycles. The van der Waals surface area contributed by atoms with Gasteiger partial charge in [0, 0.05) is 17.7 Å². The molecule has 160 valence electrons. The van der Waals surface area contributed by atoms with E-state index in [2.05, 4.69) is 15.5 Å². The molecule has 3 aromatic rings. The molecule has 31 heavy (non-hydrogen) atoms. The van der Waals surface area contributed by atoms with Crippen molar-refractivity contribution >= 4 is 29.2 Å². The summed E-state index contributed by atoms with van der Waals surface area (Å²) in [5.74, 6) is -1.07. The number of nitrogens with one attached hydrogen (secondary N) is 1. The molecule has 0 bridgehead atoms. The minimum absolute atomic E-state index is 0.0336. The number of halogens is 1. The lowest BCUT2D eigenvalue weighted by molar-refractivity contribution is -0.384. The van der Waals surface area contributed by atoms with E-state index < -0.39 is 28.9 Å². The molecule has 0 saturated carbocycles. The van der Waals surface area contributed by atoms with E-state index in [-0.39, 0.29) is 28.1 Å². The van der Waals surface area contributed by atoms with Crippen LogP contribution < -0.4 is 5.32 Å². The highest BCUT2D eigenvalue weighted by Gasteiger charge is 2.24. The van der Waals surface area contributed by atoms with Crippen LogP contribution in [0.25, 0.3) is 11.5 Å². The Bertz CT molecular complexity index is 1110. The SMILES string of the molecule is CC(OC(=O)[C@H](C)NC(=O)c1ccccc1Cl)c1nnc(-c2ccc([N+](=O)[O-])cc2)o1. The minimum Gasteiger partial charge on any atom is -0.451 e. The highest BCUT2D eigenvalue weighted by Crippen LogP contribution is 2.24. The lowest BCUT2D eigenvalue weighted by atomic mass is 10.2. The lowest BCUT2D eigenvalue weighted by Crippen LogP contribution is -2.40. The summed E-state index contributed by atoms with van der Waals surface area (Å²) in [7, 11) is 0. The summed E-state index contributed by atoms with van der Waals surface area (Å²) >= 11 is 5.99. The first-order valence-corrected chi connectivity index (χ1v) is 9.48. The predicted octanol–water partition coefficient (Wildman–Crippen LogP) is 3.72. The van der Waals surface area contributed by atoms with Crippen LogP contribution in [0.3, 0.4) is 0 Å². The average molecular weight is 445 g/mol. The molecule has 10 nitrogen and oxygen atoms in total. The van der Waals surface area contributed by atoms with Crippen LogP contribution in [0.2, 0.25) is 5.02 Å². The van der Waals surface area contributed by atoms with Gasteiger partial charge in [0.15, 0.2) is 6.10 Å². The number of benzene rings is 2. The Morgan fingerprint density at radius 1 is 1.13 bits per heavy atom. The maximum atomic E-state index is 12.3. The van der Waals surface area contributed by atoms with Crippen LogP contribution in [0, 0.1) is 10.1 Å². The zero-order chi connectivity index (χ0) is 22.5. The number of non-ortho nitro benzene ring substituents is 1. The van der Waals surface area contributed by atoms with Crippen molar-refractivity contribution in [3.05, 3.63) is 75.1 Å². The average Bonchev–Trinajstić information content (AvgIpc) is 3.24. The molecule has 0 aliphatic heterocycles. The first-order chi connectivity index (χ1) is 14.8. The van der Waals surface area contributed by atoms with Crippen molar-refractivity contribution in [1.82, 2.24) is 15.5 Å². The molecule has 1 N–H and O–H groups in total. The molecule has 2 aromatic carbocycles. The van der Waals surface area contributed by atoms with Crippen molar-refractivity contribution in [2.45, 2.75) is 26.0 Å². The molecular weight excluding hydrogens is 428 g/mol. The molecule has 0 saturated heterocycles. The third-order valence-corrected chi connectivity index (χ3v) is 4.56. The third-order valence-electron chi connectivity index (χ3n) is 4.23. The van der Waals surface area contributed by atoms with Crippen molar-refractivity contribution in [3.63, 3.8) is 0 Å². The second kappa shape index (κ2) is 9.35. The number of nitro groups is 1. The molecule has 1 aromatic heterocycles. The number of nitrogens with zero attached hydrogens (tertiary/aromatic N) is 3. The van der Waals surface area contributed by atoms with Gasteiger partial charge >= 0.3 is 5.97 Å². The zero-order valence-corrected chi connectivity index (χ0v) is 17.2. The topological polar surface area (TPSA) is 137 Å². The van der Waals surface area contributed by atoms with E-state index in [9.17, 15) is 19.7 Å². The number of esters is 1. The maximum absolute atomic E-state index is 12.3. The summed E-state index contributed by atoms with van der Waals surface area (Å²) in [5, 5.41) is 21.2. The van der Waals surface area contributed by atoms with Crippen LogP contribution >= 0.6 is 11.6 Å². The molecule has 11 heteroatoms. The van der Waals surface area contributed by atoms with Crippen LogP contribution in [-0.2, 0) is 9.53 Å². The largest absolute Gasteiger partial charge is 0.451 e. The van der Waals surface area contributed by atoms with Crippen molar-refractivity contribution in [3.8, 4) is 11.5 Å². The molecule has 1 amide bonds. The van der Waals surface area contributed by atoms with Gasteiger partial charge in [0.05, 0.1) is 15.5 Å². The first kappa shape index (κ1) is 21.9. The second-order valence-corrected chi connectivity index (χ2v) is 6.91. The van der Waals surface area contributed by atoms with E-state index in [4.69, 9.17) is 20.8 Å². The molecule has 0 fully saturated rings. The highest BCUT2D eigenvalue weighted by atomic mass is 35.5. The number of amides is 1. The fourth-order valence-electron chi connectivity index (χ4n) is 2.55. The van der Waals surface area contributed by atoms with Crippen LogP contribution in [0.1, 0.15) is 36.2 Å². The molecular formula is C20H17ClN4O6. The summed E-state index contributed by atoms with van der Waals surface area (Å²) in [6.07, 6.45) is -0.883. The standard InChI is InChI=1S/C20H17ClN4O6/c1-11(22-17(26)15-5-3-4-6-16(15)21)20(27)30-12(2)18-23-24-19(31-18)13-7-9-14(10-8-13)25(28)29/h3-12H,1-2H3,(H,22,26)/t11-,12?/m0/s1. The van der Waals surface area contributed by atoms with Gasteiger partial charge in [0.1, 0.15) is 6.04 Å². The van der Waals surface area contributed by atoms with Gasteiger partial charge < -0.3 is 14.5 Å². The first-order valence-electron chi connectivity index (χ1n) is 9.10. The highest BCUT2D eigenvalue weighted by molar-refractivity contribution is 6.33. The van der Waals surface area contributed by atoms with E-state index in [1.807, 2.05) is 0 Å². The van der Waals surface area contributed by atoms with Gasteiger partial charge in [0.25, 0.3) is 17.5 Å². The number of nitro benzene ring substituents is 1. The van der Waals surface area contributed by atoms with Gasteiger partial charge in [-0.15, -0.1) is 10.2 Å². The van der Waals surface area contributed by atoms with Gasteiger partial charge in [-0.3, -0.25) is 14.9 Å². The van der Waals surface area contributed by atoms with Gasteiger partial charge in [-0.2, -0.15) is 0 Å². The Morgan fingerprint density at radius 2 is 1.81 bits per heavy atom. The van der Waals surface area contributed by atoms with Crippen LogP contribution in [0.5, 0.6) is 0 Å². The van der Waals surface area contributed by atoms with Gasteiger partial charge in [-0.25, -0.2) is 4.79 Å². The van der Waals surface area contributed by atoms with Gasteiger partial charge in [0.2, 0.25) is 5.89 Å². The predicted molar refractivity (Wildman–Crippen MR) is 109 cm³/mol. The number of carbonyl (C=O) groups is 2. The summed E-state index contributed by atoms with van der Waals surface area (Å²) in [4.78, 5) is 34.8. The summed E-state index contributed by atoms with van der Waals surface area (Å²) < 4.78 is 10.8. The molecule has 0 spiro atoms. The normalized spacial score (nSPS) is 12.6. The van der Waals surface area contributed by atoms with Crippen molar-refractivity contribution in [2.75, 3.05) is 0 Å². The number of hydrogen-bond acceptors (Lipinski definition) is 8. The second-order valence-electron chi connectivity index (χ2n) is 6.50. The van der Waals surface area contributed by atoms with E-state index in [0.717, 1.165) is 0 Å². The Morgan fingerprint density at radius 3 is 2.45 bits per heavy atom. The Labute approximate surface area is 181 Å². The Balaban J connectivity index is 1.61. The van der Waals surface area contributed by atoms with Crippen LogP contribution in [-0.4, -0.2) is 33.0 Å². The summed E-state index contributed by atoms with van der Waals surface area (Å²) in [6.45, 7) is 3.01. The fraction of sp³-hybridized carbons (Fsp3) is 0.200. The van der Waals surface area contributed by atoms with E-state index in [1.54, 1.807) is 18.2 Å². The van der Waals surface area contributed by atoms with Crippen molar-refractivity contribution in [1.29, 1.82) is 0 Å². The number of aromatic nitrogens is 2. The molecule has 0 aliphatic rings. The quantitative estimate of drug-likeness (QED) is 0.330. The molecule has 2 atom stereocenters. The molecule has 1 unspecified atom stereocenters. The number of rotatable bonds is 7. The molecule has 0 aliphatic carbocycles. The summed E-state index contributed by atoms with van der Waals surface area (Å²) in [5.41, 5.74) is 0.642. The van der Waals surface area contributed by atoms with Crippen molar-refractivity contribution in [2.24, 2.45) is 0 Å². The third kappa shape index (κ3) is 5.23. The number of carbonyl (C=O) groups excluding carboxylic acids is 2. The van der Waals surface area contributed by atoms with E-state index in [1.165, 1.54) is 44.2 Å². The smallest absolute Gasteiger partial charge is 0.329 e. The zero-order valence-electron chi connectivity index (χ0n) is 16.4. The minimum atomic E-state index is -0.955. The summed E-state index contributed by atoms with van der Waals surface area (Å²) in [6, 6.07) is 11.1. The van der Waals surface area contributed by atoms with Gasteiger partial charge in [-0.05, 0) is 38.1 Å². The number of hydrogen-bond donors (Lipinski definition) is 1. The Kier molecular flexibility index (Phi) is 6.61. The maximum Gasteiger partial charge on any atom is 0.329 e. The monoisotopic (exact) mass is 444 g/mol. The lowest BCUT2D eigenvalue weighted by Gasteiger charge is -2.16. The Hall–Kier alpha value is -3.79. The molecule has 3 rings (SSSR count).